The molecule has 0 fully saturated rings. The summed E-state index contributed by atoms with van der Waals surface area (Å²) >= 11 is 1.39. The van der Waals surface area contributed by atoms with E-state index in [1.54, 1.807) is 0 Å². The van der Waals surface area contributed by atoms with E-state index < -0.39 is 0 Å². The van der Waals surface area contributed by atoms with Gasteiger partial charge in [-0.05, 0) is 49.2 Å². The molecule has 6 nitrogen and oxygen atoms in total. The topological polar surface area (TPSA) is 76.2 Å². The highest BCUT2D eigenvalue weighted by Gasteiger charge is 2.17. The Bertz CT molecular complexity index is 970. The average Bonchev–Trinajstić information content (AvgIpc) is 3.24. The molecule has 0 spiro atoms. The summed E-state index contributed by atoms with van der Waals surface area (Å²) in [7, 11) is 0. The van der Waals surface area contributed by atoms with Crippen molar-refractivity contribution in [3.63, 3.8) is 0 Å². The summed E-state index contributed by atoms with van der Waals surface area (Å²) in [5.41, 5.74) is 4.05. The monoisotopic (exact) mass is 369 g/mol. The highest BCUT2D eigenvalue weighted by atomic mass is 32.2. The minimum Gasteiger partial charge on any atom is -0.454 e. The van der Waals surface area contributed by atoms with E-state index in [4.69, 9.17) is 9.47 Å². The number of aryl methyl sites for hydroxylation is 1. The lowest BCUT2D eigenvalue weighted by molar-refractivity contribution is -0.119. The van der Waals surface area contributed by atoms with Gasteiger partial charge in [0.2, 0.25) is 12.7 Å². The number of H-pyrrole nitrogens is 1. The van der Waals surface area contributed by atoms with Crippen LogP contribution in [-0.4, -0.2) is 28.4 Å². The van der Waals surface area contributed by atoms with E-state index in [1.807, 2.05) is 50.2 Å². The highest BCUT2D eigenvalue weighted by Crippen LogP contribution is 2.34. The van der Waals surface area contributed by atoms with Crippen molar-refractivity contribution in [1.82, 2.24) is 15.3 Å². The van der Waals surface area contributed by atoms with Crippen LogP contribution in [0.15, 0.2) is 41.6 Å². The summed E-state index contributed by atoms with van der Waals surface area (Å²) in [5, 5.41) is 3.75. The van der Waals surface area contributed by atoms with Crippen LogP contribution in [0.4, 0.5) is 0 Å². The van der Waals surface area contributed by atoms with Gasteiger partial charge in [-0.3, -0.25) is 4.79 Å². The van der Waals surface area contributed by atoms with Crippen molar-refractivity contribution in [3.8, 4) is 11.5 Å². The third-order valence-electron chi connectivity index (χ3n) is 4.23. The smallest absolute Gasteiger partial charge is 0.231 e. The number of nitrogens with one attached hydrogen (secondary N) is 2. The number of aromatic amines is 1. The van der Waals surface area contributed by atoms with Crippen LogP contribution in [-0.2, 0) is 4.79 Å². The van der Waals surface area contributed by atoms with E-state index >= 15 is 0 Å². The molecule has 0 unspecified atom stereocenters. The zero-order chi connectivity index (χ0) is 18.1. The molecule has 3 aromatic rings. The molecule has 0 aliphatic carbocycles. The number of fused-ring (bicyclic) bond motifs is 2. The van der Waals surface area contributed by atoms with Crippen molar-refractivity contribution in [1.29, 1.82) is 0 Å². The fourth-order valence-corrected chi connectivity index (χ4v) is 3.55. The van der Waals surface area contributed by atoms with Crippen molar-refractivity contribution in [3.05, 3.63) is 47.5 Å². The van der Waals surface area contributed by atoms with Gasteiger partial charge in [-0.1, -0.05) is 23.9 Å². The molecule has 2 heterocycles. The van der Waals surface area contributed by atoms with Crippen LogP contribution < -0.4 is 14.8 Å². The van der Waals surface area contributed by atoms with Crippen LogP contribution in [0.2, 0.25) is 0 Å². The Balaban J connectivity index is 1.35. The molecule has 1 atom stereocenters. The number of benzene rings is 2. The second-order valence-corrected chi connectivity index (χ2v) is 7.22. The number of imidazole rings is 1. The molecule has 0 saturated carbocycles. The first-order valence-corrected chi connectivity index (χ1v) is 9.35. The zero-order valence-electron chi connectivity index (χ0n) is 14.5. The van der Waals surface area contributed by atoms with E-state index in [-0.39, 0.29) is 18.7 Å². The number of carbonyl (C=O) groups excluding carboxylic acids is 1. The van der Waals surface area contributed by atoms with Crippen molar-refractivity contribution in [2.75, 3.05) is 12.5 Å². The SMILES string of the molecule is Cc1ccc2nc(SCC(=O)N[C@H](C)c3ccc4c(c3)OCO4)[nH]c2c1. The summed E-state index contributed by atoms with van der Waals surface area (Å²) in [5.74, 6) is 1.71. The number of thioether (sulfide) groups is 1. The number of hydrogen-bond acceptors (Lipinski definition) is 5. The Morgan fingerprint density at radius 2 is 2.12 bits per heavy atom. The molecule has 1 amide bonds. The first-order chi connectivity index (χ1) is 12.6. The summed E-state index contributed by atoms with van der Waals surface area (Å²) in [6, 6.07) is 11.6. The Labute approximate surface area is 155 Å². The molecular formula is C19H19N3O3S. The quantitative estimate of drug-likeness (QED) is 0.673. The van der Waals surface area contributed by atoms with Gasteiger partial charge in [0.1, 0.15) is 0 Å². The molecule has 1 aromatic heterocycles. The van der Waals surface area contributed by atoms with Gasteiger partial charge in [-0.2, -0.15) is 0 Å². The van der Waals surface area contributed by atoms with E-state index in [9.17, 15) is 4.79 Å². The molecule has 1 aliphatic heterocycles. The Morgan fingerprint density at radius 3 is 3.00 bits per heavy atom. The fraction of sp³-hybridized carbons (Fsp3) is 0.263. The molecular weight excluding hydrogens is 350 g/mol. The molecule has 0 bridgehead atoms. The van der Waals surface area contributed by atoms with E-state index in [0.29, 0.717) is 5.75 Å². The van der Waals surface area contributed by atoms with Gasteiger partial charge in [-0.15, -0.1) is 0 Å². The molecule has 2 N–H and O–H groups in total. The van der Waals surface area contributed by atoms with Crippen molar-refractivity contribution in [2.45, 2.75) is 25.0 Å². The van der Waals surface area contributed by atoms with E-state index in [1.165, 1.54) is 17.3 Å². The normalized spacial score (nSPS) is 13.8. The number of nitrogens with zero attached hydrogens (tertiary/aromatic N) is 1. The summed E-state index contributed by atoms with van der Waals surface area (Å²) in [6.07, 6.45) is 0. The summed E-state index contributed by atoms with van der Waals surface area (Å²) in [4.78, 5) is 20.0. The van der Waals surface area contributed by atoms with Gasteiger partial charge in [0.05, 0.1) is 22.8 Å². The lowest BCUT2D eigenvalue weighted by Crippen LogP contribution is -2.28. The zero-order valence-corrected chi connectivity index (χ0v) is 15.4. The lowest BCUT2D eigenvalue weighted by Gasteiger charge is -2.14. The standard InChI is InChI=1S/C19H19N3O3S/c1-11-3-5-14-15(7-11)22-19(21-14)26-9-18(23)20-12(2)13-4-6-16-17(8-13)25-10-24-16/h3-8,12H,9-10H2,1-2H3,(H,20,23)(H,21,22)/t12-/m1/s1. The minimum atomic E-state index is -0.115. The number of ether oxygens (including phenoxy) is 2. The molecule has 1 aliphatic rings. The molecule has 0 radical (unpaired) electrons. The predicted octanol–water partition coefficient (Wildman–Crippen LogP) is 3.57. The first-order valence-electron chi connectivity index (χ1n) is 8.36. The maximum atomic E-state index is 12.3. The van der Waals surface area contributed by atoms with Gasteiger partial charge < -0.3 is 19.8 Å². The van der Waals surface area contributed by atoms with Crippen LogP contribution in [0, 0.1) is 6.92 Å². The Morgan fingerprint density at radius 1 is 1.27 bits per heavy atom. The number of carbonyl (C=O) groups is 1. The summed E-state index contributed by atoms with van der Waals surface area (Å²) < 4.78 is 10.7. The lowest BCUT2D eigenvalue weighted by atomic mass is 10.1. The molecule has 26 heavy (non-hydrogen) atoms. The van der Waals surface area contributed by atoms with Gasteiger partial charge in [-0.25, -0.2) is 4.98 Å². The van der Waals surface area contributed by atoms with Gasteiger partial charge in [0, 0.05) is 0 Å². The number of rotatable bonds is 5. The first kappa shape index (κ1) is 16.8. The highest BCUT2D eigenvalue weighted by molar-refractivity contribution is 7.99. The van der Waals surface area contributed by atoms with Crippen LogP contribution in [0.5, 0.6) is 11.5 Å². The van der Waals surface area contributed by atoms with Crippen molar-refractivity contribution >= 4 is 28.7 Å². The van der Waals surface area contributed by atoms with Gasteiger partial charge in [0.15, 0.2) is 16.7 Å². The second kappa shape index (κ2) is 6.92. The maximum absolute atomic E-state index is 12.3. The third kappa shape index (κ3) is 3.48. The average molecular weight is 369 g/mol. The largest absolute Gasteiger partial charge is 0.454 e. The van der Waals surface area contributed by atoms with Gasteiger partial charge >= 0.3 is 0 Å². The summed E-state index contributed by atoms with van der Waals surface area (Å²) in [6.45, 7) is 4.23. The van der Waals surface area contributed by atoms with Crippen LogP contribution in [0.25, 0.3) is 11.0 Å². The number of aromatic nitrogens is 2. The Kier molecular flexibility index (Phi) is 4.46. The van der Waals surface area contributed by atoms with Crippen LogP contribution >= 0.6 is 11.8 Å². The maximum Gasteiger partial charge on any atom is 0.231 e. The number of hydrogen-bond donors (Lipinski definition) is 2. The third-order valence-corrected chi connectivity index (χ3v) is 5.10. The molecule has 7 heteroatoms. The predicted molar refractivity (Wildman–Crippen MR) is 101 cm³/mol. The molecule has 134 valence electrons. The van der Waals surface area contributed by atoms with Gasteiger partial charge in [0.25, 0.3) is 0 Å². The minimum absolute atomic E-state index is 0.0446. The Hall–Kier alpha value is -2.67. The van der Waals surface area contributed by atoms with E-state index in [2.05, 4.69) is 15.3 Å². The second-order valence-electron chi connectivity index (χ2n) is 6.25. The number of amides is 1. The molecule has 2 aromatic carbocycles. The molecule has 0 saturated heterocycles. The van der Waals surface area contributed by atoms with E-state index in [0.717, 1.165) is 33.3 Å². The fourth-order valence-electron chi connectivity index (χ4n) is 2.85. The van der Waals surface area contributed by atoms with Crippen LogP contribution in [0.1, 0.15) is 24.1 Å². The molecule has 4 rings (SSSR count). The van der Waals surface area contributed by atoms with Crippen molar-refractivity contribution in [2.24, 2.45) is 0 Å². The van der Waals surface area contributed by atoms with Crippen molar-refractivity contribution < 1.29 is 14.3 Å². The van der Waals surface area contributed by atoms with Crippen LogP contribution in [0.3, 0.4) is 0 Å².